The first kappa shape index (κ1) is 60.0. The zero-order chi connectivity index (χ0) is 47.8. The van der Waals surface area contributed by atoms with Gasteiger partial charge in [0, 0.05) is 0 Å². The van der Waals surface area contributed by atoms with E-state index in [0.29, 0.717) is 12.8 Å². The fourth-order valence-electron chi connectivity index (χ4n) is 8.89. The van der Waals surface area contributed by atoms with Crippen molar-refractivity contribution >= 4 is 5.91 Å². The second-order valence-electron chi connectivity index (χ2n) is 18.9. The lowest BCUT2D eigenvalue weighted by Crippen LogP contribution is -2.62. The molecule has 0 aromatic rings. The third kappa shape index (κ3) is 23.9. The van der Waals surface area contributed by atoms with Crippen LogP contribution >= 0.6 is 0 Å². The summed E-state index contributed by atoms with van der Waals surface area (Å²) in [6.45, 7) is 2.36. The Labute approximate surface area is 390 Å². The SMILES string of the molecule is CCCCCCCCCCCCCCCCCCC(O)C(=O)NC(COC1OC(CO)C(O)C(OC2OC(C(O)CO)C(O)C2O)C1O)C(O)C(O)CCCCCCCCCCCCC. The first-order valence-corrected chi connectivity index (χ1v) is 26.0. The molecule has 2 aliphatic rings. The van der Waals surface area contributed by atoms with E-state index in [9.17, 15) is 55.9 Å². The van der Waals surface area contributed by atoms with Gasteiger partial charge in [0.25, 0.3) is 0 Å². The van der Waals surface area contributed by atoms with Gasteiger partial charge in [-0.25, -0.2) is 0 Å². The minimum absolute atomic E-state index is 0.203. The maximum Gasteiger partial charge on any atom is 0.249 e. The zero-order valence-electron chi connectivity index (χ0n) is 40.2. The van der Waals surface area contributed by atoms with Crippen molar-refractivity contribution in [3.8, 4) is 0 Å². The molecule has 65 heavy (non-hydrogen) atoms. The minimum atomic E-state index is -1.82. The Kier molecular flexibility index (Phi) is 34.0. The quantitative estimate of drug-likeness (QED) is 0.0376. The highest BCUT2D eigenvalue weighted by atomic mass is 16.7. The van der Waals surface area contributed by atoms with Gasteiger partial charge in [-0.3, -0.25) is 4.79 Å². The lowest BCUT2D eigenvalue weighted by Gasteiger charge is -2.43. The Balaban J connectivity index is 1.92. The molecule has 0 bridgehead atoms. The van der Waals surface area contributed by atoms with Gasteiger partial charge in [-0.05, 0) is 12.8 Å². The predicted octanol–water partition coefficient (Wildman–Crippen LogP) is 4.55. The van der Waals surface area contributed by atoms with E-state index in [1.807, 2.05) is 0 Å². The van der Waals surface area contributed by atoms with Crippen LogP contribution in [-0.2, 0) is 23.7 Å². The van der Waals surface area contributed by atoms with Gasteiger partial charge in [0.1, 0.15) is 61.0 Å². The van der Waals surface area contributed by atoms with E-state index in [1.165, 1.54) is 116 Å². The topological polar surface area (TPSA) is 268 Å². The van der Waals surface area contributed by atoms with Gasteiger partial charge >= 0.3 is 0 Å². The monoisotopic (exact) mass is 938 g/mol. The summed E-state index contributed by atoms with van der Waals surface area (Å²) in [6.07, 6.45) is 11.4. The molecule has 2 heterocycles. The molecule has 14 unspecified atom stereocenters. The van der Waals surface area contributed by atoms with E-state index in [-0.39, 0.29) is 12.8 Å². The van der Waals surface area contributed by atoms with Crippen molar-refractivity contribution in [2.24, 2.45) is 0 Å². The maximum absolute atomic E-state index is 13.3. The van der Waals surface area contributed by atoms with E-state index in [4.69, 9.17) is 18.9 Å². The van der Waals surface area contributed by atoms with Gasteiger partial charge in [0.2, 0.25) is 5.91 Å². The van der Waals surface area contributed by atoms with Crippen molar-refractivity contribution in [2.45, 2.75) is 286 Å². The summed E-state index contributed by atoms with van der Waals surface area (Å²) in [5.41, 5.74) is 0. The maximum atomic E-state index is 13.3. The molecule has 0 aromatic heterocycles. The number of aliphatic hydroxyl groups excluding tert-OH is 10. The summed E-state index contributed by atoms with van der Waals surface area (Å²) >= 11 is 0. The Morgan fingerprint density at radius 2 is 1.00 bits per heavy atom. The molecule has 0 saturated carbocycles. The lowest BCUT2D eigenvalue weighted by atomic mass is 9.98. The number of rotatable bonds is 41. The highest BCUT2D eigenvalue weighted by Crippen LogP contribution is 2.31. The molecule has 2 saturated heterocycles. The third-order valence-corrected chi connectivity index (χ3v) is 13.2. The lowest BCUT2D eigenvalue weighted by molar-refractivity contribution is -0.332. The third-order valence-electron chi connectivity index (χ3n) is 13.2. The number of carbonyl (C=O) groups excluding carboxylic acids is 1. The fourth-order valence-corrected chi connectivity index (χ4v) is 8.89. The molecular weight excluding hydrogens is 843 g/mol. The Morgan fingerprint density at radius 3 is 1.45 bits per heavy atom. The highest BCUT2D eigenvalue weighted by Gasteiger charge is 2.52. The van der Waals surface area contributed by atoms with E-state index in [1.54, 1.807) is 0 Å². The molecule has 2 fully saturated rings. The number of aliphatic hydroxyl groups is 10. The molecule has 11 N–H and O–H groups in total. The van der Waals surface area contributed by atoms with Crippen molar-refractivity contribution in [2.75, 3.05) is 19.8 Å². The first-order chi connectivity index (χ1) is 31.4. The minimum Gasteiger partial charge on any atom is -0.394 e. The molecule has 0 spiro atoms. The van der Waals surface area contributed by atoms with Crippen LogP contribution in [0.15, 0.2) is 0 Å². The van der Waals surface area contributed by atoms with Crippen LogP contribution in [0.4, 0.5) is 0 Å². The molecule has 16 nitrogen and oxygen atoms in total. The van der Waals surface area contributed by atoms with Gasteiger partial charge in [-0.15, -0.1) is 0 Å². The molecule has 386 valence electrons. The average molecular weight is 938 g/mol. The highest BCUT2D eigenvalue weighted by molar-refractivity contribution is 5.80. The van der Waals surface area contributed by atoms with Crippen LogP contribution in [0.5, 0.6) is 0 Å². The molecule has 0 aromatic carbocycles. The molecule has 1 amide bonds. The number of unbranched alkanes of at least 4 members (excludes halogenated alkanes) is 25. The molecular formula is C49H95NO15. The van der Waals surface area contributed by atoms with Crippen LogP contribution in [0.3, 0.4) is 0 Å². The summed E-state index contributed by atoms with van der Waals surface area (Å²) in [5.74, 6) is -0.763. The van der Waals surface area contributed by atoms with E-state index < -0.39 is 111 Å². The van der Waals surface area contributed by atoms with Crippen molar-refractivity contribution in [1.29, 1.82) is 0 Å². The number of hydrogen-bond donors (Lipinski definition) is 11. The molecule has 0 aliphatic carbocycles. The molecule has 16 heteroatoms. The van der Waals surface area contributed by atoms with Gasteiger partial charge in [0.05, 0.1) is 32.0 Å². The molecule has 2 rings (SSSR count). The van der Waals surface area contributed by atoms with Gasteiger partial charge in [0.15, 0.2) is 12.6 Å². The van der Waals surface area contributed by atoms with Crippen molar-refractivity contribution < 1.29 is 74.8 Å². The molecule has 0 radical (unpaired) electrons. The summed E-state index contributed by atoms with van der Waals surface area (Å²) in [5, 5.41) is 108. The zero-order valence-corrected chi connectivity index (χ0v) is 40.2. The second-order valence-corrected chi connectivity index (χ2v) is 18.9. The number of ether oxygens (including phenoxy) is 4. The Hall–Kier alpha value is -1.09. The summed E-state index contributed by atoms with van der Waals surface area (Å²) in [4.78, 5) is 13.3. The standard InChI is InChI=1S/C49H95NO15/c1-3-5-7-9-11-13-15-16-17-18-19-21-23-25-27-29-31-37(54)47(61)50-35(40(56)36(53)30-28-26-24-22-20-14-12-10-8-6-4-2)34-62-48-44(60)46(41(57)39(33-52)63-48)65-49-43(59)42(58)45(64-49)38(55)32-51/h35-46,48-49,51-60H,3-34H2,1-2H3,(H,50,61). The van der Waals surface area contributed by atoms with Gasteiger partial charge < -0.3 is 75.3 Å². The fraction of sp³-hybridized carbons (Fsp3) is 0.980. The van der Waals surface area contributed by atoms with Crippen LogP contribution in [-0.4, -0.2) is 163 Å². The molecule has 14 atom stereocenters. The van der Waals surface area contributed by atoms with Crippen LogP contribution in [0, 0.1) is 0 Å². The average Bonchev–Trinajstić information content (AvgIpc) is 3.59. The predicted molar refractivity (Wildman–Crippen MR) is 248 cm³/mol. The van der Waals surface area contributed by atoms with Crippen LogP contribution in [0.25, 0.3) is 0 Å². The normalized spacial score (nSPS) is 27.1. The number of nitrogens with one attached hydrogen (secondary N) is 1. The largest absolute Gasteiger partial charge is 0.394 e. The van der Waals surface area contributed by atoms with Crippen molar-refractivity contribution in [1.82, 2.24) is 5.32 Å². The Bertz CT molecular complexity index is 1140. The van der Waals surface area contributed by atoms with Crippen LogP contribution in [0.1, 0.15) is 200 Å². The van der Waals surface area contributed by atoms with Crippen molar-refractivity contribution in [3.63, 3.8) is 0 Å². The summed E-state index contributed by atoms with van der Waals surface area (Å²) in [7, 11) is 0. The number of carbonyl (C=O) groups is 1. The first-order valence-electron chi connectivity index (χ1n) is 26.0. The Morgan fingerprint density at radius 1 is 0.554 bits per heavy atom. The van der Waals surface area contributed by atoms with E-state index in [2.05, 4.69) is 19.2 Å². The van der Waals surface area contributed by atoms with Crippen LogP contribution < -0.4 is 5.32 Å². The number of hydrogen-bond acceptors (Lipinski definition) is 15. The van der Waals surface area contributed by atoms with Crippen LogP contribution in [0.2, 0.25) is 0 Å². The second kappa shape index (κ2) is 36.8. The summed E-state index contributed by atoms with van der Waals surface area (Å²) in [6, 6.07) is -1.28. The molecule has 2 aliphatic heterocycles. The van der Waals surface area contributed by atoms with Gasteiger partial charge in [-0.1, -0.05) is 187 Å². The van der Waals surface area contributed by atoms with E-state index in [0.717, 1.165) is 44.9 Å². The van der Waals surface area contributed by atoms with E-state index >= 15 is 0 Å². The smallest absolute Gasteiger partial charge is 0.249 e. The van der Waals surface area contributed by atoms with Crippen molar-refractivity contribution in [3.05, 3.63) is 0 Å². The number of amides is 1. The summed E-state index contributed by atoms with van der Waals surface area (Å²) < 4.78 is 22.5. The van der Waals surface area contributed by atoms with Gasteiger partial charge in [-0.2, -0.15) is 0 Å².